The Bertz CT molecular complexity index is 127. The molecule has 0 spiro atoms. The minimum absolute atomic E-state index is 0.577. The number of unbranched alkanes of at least 4 members (excludes halogenated alkanes) is 1. The molecule has 0 fully saturated rings. The highest BCUT2D eigenvalue weighted by Gasteiger charge is 2.13. The summed E-state index contributed by atoms with van der Waals surface area (Å²) in [5.41, 5.74) is 1.58. The average Bonchev–Trinajstić information content (AvgIpc) is 1.79. The monoisotopic (exact) mass is 156 g/mol. The van der Waals surface area contributed by atoms with Crippen LogP contribution < -0.4 is 0 Å². The molecule has 0 radical (unpaired) electrons. The van der Waals surface area contributed by atoms with E-state index in [9.17, 15) is 0 Å². The molecule has 1 aliphatic rings. The molecule has 1 atom stereocenters. The van der Waals surface area contributed by atoms with Crippen LogP contribution in [0.1, 0.15) is 39.0 Å². The zero-order valence-electron chi connectivity index (χ0n) is 6.64. The molecule has 0 bridgehead atoms. The third-order valence-corrected chi connectivity index (χ3v) is 2.69. The lowest BCUT2D eigenvalue weighted by Gasteiger charge is -2.20. The normalized spacial score (nSPS) is 19.6. The van der Waals surface area contributed by atoms with Gasteiger partial charge in [0.15, 0.2) is 0 Å². The molecule has 0 aromatic carbocycles. The van der Waals surface area contributed by atoms with Crippen LogP contribution in [0.3, 0.4) is 0 Å². The maximum Gasteiger partial charge on any atom is 0.0226 e. The zero-order valence-corrected chi connectivity index (χ0v) is 7.53. The van der Waals surface area contributed by atoms with Crippen molar-refractivity contribution in [2.45, 2.75) is 44.3 Å². The largest absolute Gasteiger partial charge is 0.171 e. The van der Waals surface area contributed by atoms with Gasteiger partial charge in [0.2, 0.25) is 0 Å². The Morgan fingerprint density at radius 3 is 2.80 bits per heavy atom. The van der Waals surface area contributed by atoms with Gasteiger partial charge in [0.25, 0.3) is 0 Å². The lowest BCUT2D eigenvalue weighted by atomic mass is 9.93. The number of hydrogen-bond donors (Lipinski definition) is 1. The van der Waals surface area contributed by atoms with Gasteiger partial charge in [-0.25, -0.2) is 0 Å². The summed E-state index contributed by atoms with van der Waals surface area (Å²) in [7, 11) is 0. The highest BCUT2D eigenvalue weighted by molar-refractivity contribution is 7.81. The van der Waals surface area contributed by atoms with Crippen molar-refractivity contribution in [3.63, 3.8) is 0 Å². The summed E-state index contributed by atoms with van der Waals surface area (Å²) in [6.45, 7) is 2.23. The Kier molecular flexibility index (Phi) is 3.33. The summed E-state index contributed by atoms with van der Waals surface area (Å²) in [5.74, 6) is 0. The van der Waals surface area contributed by atoms with E-state index in [1.807, 2.05) is 0 Å². The second-order valence-corrected chi connectivity index (χ2v) is 3.60. The van der Waals surface area contributed by atoms with Gasteiger partial charge in [-0.2, -0.15) is 12.6 Å². The Morgan fingerprint density at radius 2 is 2.40 bits per heavy atom. The van der Waals surface area contributed by atoms with Gasteiger partial charge in [-0.1, -0.05) is 31.4 Å². The first-order valence-corrected chi connectivity index (χ1v) is 4.73. The van der Waals surface area contributed by atoms with E-state index in [1.54, 1.807) is 5.57 Å². The Hall–Kier alpha value is 0.0900. The molecule has 0 saturated carbocycles. The number of thiol groups is 1. The SMILES string of the molecule is CCCCC(S)C1=CCC1. The molecule has 58 valence electrons. The van der Waals surface area contributed by atoms with E-state index in [2.05, 4.69) is 25.6 Å². The third kappa shape index (κ3) is 2.05. The van der Waals surface area contributed by atoms with Crippen molar-refractivity contribution < 1.29 is 0 Å². The van der Waals surface area contributed by atoms with E-state index in [0.29, 0.717) is 5.25 Å². The van der Waals surface area contributed by atoms with Crippen LogP contribution in [0, 0.1) is 0 Å². The fraction of sp³-hybridized carbons (Fsp3) is 0.778. The molecule has 0 N–H and O–H groups in total. The van der Waals surface area contributed by atoms with Crippen LogP contribution in [0.15, 0.2) is 11.6 Å². The molecular weight excluding hydrogens is 140 g/mol. The van der Waals surface area contributed by atoms with Gasteiger partial charge in [-0.05, 0) is 19.3 Å². The second kappa shape index (κ2) is 4.07. The predicted molar refractivity (Wildman–Crippen MR) is 49.6 cm³/mol. The van der Waals surface area contributed by atoms with Crippen molar-refractivity contribution in [1.82, 2.24) is 0 Å². The fourth-order valence-corrected chi connectivity index (χ4v) is 1.61. The van der Waals surface area contributed by atoms with Crippen molar-refractivity contribution >= 4 is 12.6 Å². The van der Waals surface area contributed by atoms with E-state index in [4.69, 9.17) is 0 Å². The van der Waals surface area contributed by atoms with E-state index in [1.165, 1.54) is 32.1 Å². The van der Waals surface area contributed by atoms with Crippen LogP contribution in [-0.4, -0.2) is 5.25 Å². The summed E-state index contributed by atoms with van der Waals surface area (Å²) in [6.07, 6.45) is 8.81. The second-order valence-electron chi connectivity index (χ2n) is 2.98. The van der Waals surface area contributed by atoms with Gasteiger partial charge in [0, 0.05) is 5.25 Å². The lowest BCUT2D eigenvalue weighted by Crippen LogP contribution is -2.08. The van der Waals surface area contributed by atoms with E-state index in [-0.39, 0.29) is 0 Å². The van der Waals surface area contributed by atoms with Crippen LogP contribution in [0.5, 0.6) is 0 Å². The number of rotatable bonds is 4. The molecule has 0 nitrogen and oxygen atoms in total. The van der Waals surface area contributed by atoms with E-state index in [0.717, 1.165) is 0 Å². The van der Waals surface area contributed by atoms with Crippen LogP contribution in [0.25, 0.3) is 0 Å². The molecule has 0 amide bonds. The quantitative estimate of drug-likeness (QED) is 0.469. The molecule has 10 heavy (non-hydrogen) atoms. The Labute approximate surface area is 69.1 Å². The highest BCUT2D eigenvalue weighted by Crippen LogP contribution is 2.27. The molecule has 1 heteroatoms. The molecule has 0 aromatic rings. The summed E-state index contributed by atoms with van der Waals surface area (Å²) in [4.78, 5) is 0. The van der Waals surface area contributed by atoms with Crippen LogP contribution >= 0.6 is 12.6 Å². The molecular formula is C9H16S. The van der Waals surface area contributed by atoms with Gasteiger partial charge in [-0.15, -0.1) is 0 Å². The van der Waals surface area contributed by atoms with Crippen LogP contribution in [0.2, 0.25) is 0 Å². The average molecular weight is 156 g/mol. The molecule has 0 heterocycles. The molecule has 0 aliphatic heterocycles. The molecule has 1 unspecified atom stereocenters. The number of hydrogen-bond acceptors (Lipinski definition) is 1. The van der Waals surface area contributed by atoms with Crippen molar-refractivity contribution in [3.05, 3.63) is 11.6 Å². The van der Waals surface area contributed by atoms with Gasteiger partial charge >= 0.3 is 0 Å². The maximum atomic E-state index is 4.52. The van der Waals surface area contributed by atoms with Gasteiger partial charge in [0.05, 0.1) is 0 Å². The van der Waals surface area contributed by atoms with E-state index < -0.39 is 0 Å². The molecule has 1 rings (SSSR count). The van der Waals surface area contributed by atoms with E-state index >= 15 is 0 Å². The molecule has 0 saturated heterocycles. The van der Waals surface area contributed by atoms with Crippen molar-refractivity contribution in [3.8, 4) is 0 Å². The first-order chi connectivity index (χ1) is 4.84. The summed E-state index contributed by atoms with van der Waals surface area (Å²) in [5, 5.41) is 0.577. The van der Waals surface area contributed by atoms with Crippen molar-refractivity contribution in [2.75, 3.05) is 0 Å². The van der Waals surface area contributed by atoms with Gasteiger partial charge < -0.3 is 0 Å². The first kappa shape index (κ1) is 8.19. The first-order valence-electron chi connectivity index (χ1n) is 4.21. The Morgan fingerprint density at radius 1 is 1.70 bits per heavy atom. The topological polar surface area (TPSA) is 0 Å². The predicted octanol–water partition coefficient (Wildman–Crippen LogP) is 3.20. The summed E-state index contributed by atoms with van der Waals surface area (Å²) in [6, 6.07) is 0. The molecule has 1 aliphatic carbocycles. The van der Waals surface area contributed by atoms with Crippen molar-refractivity contribution in [1.29, 1.82) is 0 Å². The van der Waals surface area contributed by atoms with Gasteiger partial charge in [-0.3, -0.25) is 0 Å². The minimum Gasteiger partial charge on any atom is -0.171 e. The van der Waals surface area contributed by atoms with Crippen LogP contribution in [0.4, 0.5) is 0 Å². The summed E-state index contributed by atoms with van der Waals surface area (Å²) >= 11 is 4.52. The highest BCUT2D eigenvalue weighted by atomic mass is 32.1. The summed E-state index contributed by atoms with van der Waals surface area (Å²) < 4.78 is 0. The minimum atomic E-state index is 0.577. The zero-order chi connectivity index (χ0) is 7.40. The fourth-order valence-electron chi connectivity index (χ4n) is 1.20. The third-order valence-electron chi connectivity index (χ3n) is 2.10. The van der Waals surface area contributed by atoms with Gasteiger partial charge in [0.1, 0.15) is 0 Å². The van der Waals surface area contributed by atoms with Crippen molar-refractivity contribution in [2.24, 2.45) is 0 Å². The number of allylic oxidation sites excluding steroid dienone is 1. The Balaban J connectivity index is 2.14. The smallest absolute Gasteiger partial charge is 0.0226 e. The standard InChI is InChI=1S/C9H16S/c1-2-3-7-9(10)8-5-4-6-8/h5,9-10H,2-4,6-7H2,1H3. The maximum absolute atomic E-state index is 4.52. The van der Waals surface area contributed by atoms with Crippen LogP contribution in [-0.2, 0) is 0 Å². The molecule has 0 aromatic heterocycles. The lowest BCUT2D eigenvalue weighted by molar-refractivity contribution is 0.687.